The van der Waals surface area contributed by atoms with Gasteiger partial charge in [-0.15, -0.1) is 0 Å². The fourth-order valence-corrected chi connectivity index (χ4v) is 3.21. The first kappa shape index (κ1) is 19.6. The predicted octanol–water partition coefficient (Wildman–Crippen LogP) is 4.83. The minimum absolute atomic E-state index is 0.205. The summed E-state index contributed by atoms with van der Waals surface area (Å²) in [5, 5.41) is 0. The van der Waals surface area contributed by atoms with Crippen LogP contribution in [-0.2, 0) is 0 Å². The fraction of sp³-hybridized carbons (Fsp3) is 0.0417. The number of rotatable bonds is 6. The molecule has 2 radical (unpaired) electrons. The smallest absolute Gasteiger partial charge is 0.246 e. The molecule has 0 fully saturated rings. The van der Waals surface area contributed by atoms with Crippen LogP contribution in [0.25, 0.3) is 22.3 Å². The van der Waals surface area contributed by atoms with Gasteiger partial charge in [0.05, 0.1) is 36.3 Å². The van der Waals surface area contributed by atoms with Crippen LogP contribution in [0, 0.1) is 12.2 Å². The summed E-state index contributed by atoms with van der Waals surface area (Å²) in [4.78, 5) is 20.2. The minimum atomic E-state index is -0.515. The molecule has 0 atom stereocenters. The van der Waals surface area contributed by atoms with Crippen molar-refractivity contribution in [2.24, 2.45) is 0 Å². The van der Waals surface area contributed by atoms with Crippen molar-refractivity contribution in [3.8, 4) is 28.8 Å². The molecule has 5 rings (SSSR count). The molecule has 0 amide bonds. The lowest BCUT2D eigenvalue weighted by Gasteiger charge is -2.11. The number of pyridine rings is 1. The number of nitrogens with zero attached hydrogens (tertiary/aromatic N) is 4. The quantitative estimate of drug-likeness (QED) is 0.419. The average Bonchev–Trinajstić information content (AvgIpc) is 3.23. The van der Waals surface area contributed by atoms with E-state index >= 15 is 0 Å². The molecule has 32 heavy (non-hydrogen) atoms. The Bertz CT molecular complexity index is 1350. The zero-order valence-electron chi connectivity index (χ0n) is 16.9. The van der Waals surface area contributed by atoms with Gasteiger partial charge in [-0.05, 0) is 35.9 Å². The highest BCUT2D eigenvalue weighted by atomic mass is 19.1. The van der Waals surface area contributed by atoms with Crippen LogP contribution in [0.4, 0.5) is 4.39 Å². The summed E-state index contributed by atoms with van der Waals surface area (Å²) in [7, 11) is 1.45. The Kier molecular flexibility index (Phi) is 5.17. The summed E-state index contributed by atoms with van der Waals surface area (Å²) in [5.74, 6) is 1.09. The van der Waals surface area contributed by atoms with E-state index in [1.54, 1.807) is 12.1 Å². The highest BCUT2D eigenvalue weighted by molar-refractivity contribution is 5.75. The zero-order valence-corrected chi connectivity index (χ0v) is 16.9. The fourth-order valence-electron chi connectivity index (χ4n) is 3.21. The number of aromatic amines is 1. The van der Waals surface area contributed by atoms with Gasteiger partial charge >= 0.3 is 0 Å². The van der Waals surface area contributed by atoms with E-state index < -0.39 is 5.82 Å². The van der Waals surface area contributed by atoms with Crippen LogP contribution in [0.1, 0.15) is 11.4 Å². The lowest BCUT2D eigenvalue weighted by Crippen LogP contribution is -1.98. The van der Waals surface area contributed by atoms with Crippen molar-refractivity contribution in [1.29, 1.82) is 0 Å². The van der Waals surface area contributed by atoms with Gasteiger partial charge in [0.1, 0.15) is 23.1 Å². The lowest BCUT2D eigenvalue weighted by molar-refractivity contribution is 0.396. The molecule has 3 aromatic heterocycles. The summed E-state index contributed by atoms with van der Waals surface area (Å²) in [6.45, 7) is 0. The Morgan fingerprint density at radius 2 is 1.75 bits per heavy atom. The Balaban J connectivity index is 1.38. The van der Waals surface area contributed by atoms with Crippen LogP contribution >= 0.6 is 0 Å². The van der Waals surface area contributed by atoms with Crippen molar-refractivity contribution in [1.82, 2.24) is 24.9 Å². The molecule has 0 saturated carbocycles. The standard InChI is InChI=1S/C24H16FN5O2/c1-31-23-18(13-16(25)14-28-23)22-24(27-11-10-26-22)32-17-8-6-15(7-9-17)12-21-29-19-4-2-3-5-20(19)30-21/h2-11,13-14H,1H3,(H,29,30). The summed E-state index contributed by atoms with van der Waals surface area (Å²) in [6.07, 6.45) is 7.29. The Labute approximate surface area is 182 Å². The third kappa shape index (κ3) is 3.98. The molecule has 0 aliphatic rings. The average molecular weight is 425 g/mol. The Hall–Kier alpha value is -4.33. The predicted molar refractivity (Wildman–Crippen MR) is 116 cm³/mol. The molecule has 8 heteroatoms. The van der Waals surface area contributed by atoms with Crippen LogP contribution in [0.15, 0.2) is 73.2 Å². The number of ether oxygens (including phenoxy) is 2. The van der Waals surface area contributed by atoms with E-state index in [1.807, 2.05) is 36.4 Å². The normalized spacial score (nSPS) is 10.9. The van der Waals surface area contributed by atoms with Gasteiger partial charge in [-0.1, -0.05) is 24.3 Å². The van der Waals surface area contributed by atoms with Crippen LogP contribution in [-0.4, -0.2) is 32.0 Å². The Morgan fingerprint density at radius 3 is 2.56 bits per heavy atom. The molecule has 1 N–H and O–H groups in total. The topological polar surface area (TPSA) is 85.8 Å². The number of H-pyrrole nitrogens is 1. The van der Waals surface area contributed by atoms with Crippen molar-refractivity contribution in [3.63, 3.8) is 0 Å². The molecule has 0 aliphatic heterocycles. The number of nitrogens with one attached hydrogen (secondary N) is 1. The van der Waals surface area contributed by atoms with Crippen molar-refractivity contribution < 1.29 is 13.9 Å². The maximum absolute atomic E-state index is 13.8. The maximum atomic E-state index is 13.8. The van der Waals surface area contributed by atoms with E-state index in [4.69, 9.17) is 9.47 Å². The zero-order chi connectivity index (χ0) is 21.9. The van der Waals surface area contributed by atoms with E-state index in [0.29, 0.717) is 22.8 Å². The molecule has 0 bridgehead atoms. The summed E-state index contributed by atoms with van der Waals surface area (Å²) >= 11 is 0. The second kappa shape index (κ2) is 8.43. The highest BCUT2D eigenvalue weighted by Crippen LogP contribution is 2.34. The van der Waals surface area contributed by atoms with Crippen LogP contribution < -0.4 is 9.47 Å². The van der Waals surface area contributed by atoms with Crippen molar-refractivity contribution in [2.45, 2.75) is 0 Å². The molecule has 0 spiro atoms. The van der Waals surface area contributed by atoms with E-state index in [1.165, 1.54) is 25.6 Å². The largest absolute Gasteiger partial charge is 0.481 e. The van der Waals surface area contributed by atoms with Gasteiger partial charge in [0, 0.05) is 12.4 Å². The molecular weight excluding hydrogens is 409 g/mol. The molecule has 2 aromatic carbocycles. The van der Waals surface area contributed by atoms with Gasteiger partial charge in [0.2, 0.25) is 11.8 Å². The first-order valence-corrected chi connectivity index (χ1v) is 9.70. The van der Waals surface area contributed by atoms with Gasteiger partial charge in [0.15, 0.2) is 0 Å². The molecule has 156 valence electrons. The second-order valence-electron chi connectivity index (χ2n) is 6.77. The number of halogens is 1. The number of hydrogen-bond donors (Lipinski definition) is 1. The number of benzene rings is 2. The third-order valence-electron chi connectivity index (χ3n) is 4.65. The Morgan fingerprint density at radius 1 is 0.938 bits per heavy atom. The van der Waals surface area contributed by atoms with Gasteiger partial charge in [0.25, 0.3) is 0 Å². The van der Waals surface area contributed by atoms with E-state index in [0.717, 1.165) is 22.8 Å². The summed E-state index contributed by atoms with van der Waals surface area (Å²) < 4.78 is 25.0. The third-order valence-corrected chi connectivity index (χ3v) is 4.65. The second-order valence-corrected chi connectivity index (χ2v) is 6.77. The number of para-hydroxylation sites is 2. The lowest BCUT2D eigenvalue weighted by atomic mass is 10.1. The minimum Gasteiger partial charge on any atom is -0.481 e. The number of imidazole rings is 1. The number of aromatic nitrogens is 5. The van der Waals surface area contributed by atoms with E-state index in [9.17, 15) is 4.39 Å². The van der Waals surface area contributed by atoms with Gasteiger partial charge < -0.3 is 14.5 Å². The maximum Gasteiger partial charge on any atom is 0.246 e. The number of methoxy groups -OCH3 is 1. The van der Waals surface area contributed by atoms with Gasteiger partial charge in [-0.25, -0.2) is 24.3 Å². The van der Waals surface area contributed by atoms with Crippen LogP contribution in [0.5, 0.6) is 17.5 Å². The van der Waals surface area contributed by atoms with Crippen molar-refractivity contribution >= 4 is 11.0 Å². The summed E-state index contributed by atoms with van der Waals surface area (Å²) in [6, 6.07) is 16.3. The number of fused-ring (bicyclic) bond motifs is 1. The number of hydrogen-bond acceptors (Lipinski definition) is 6. The first-order valence-electron chi connectivity index (χ1n) is 9.70. The molecular formula is C24H16FN5O2. The molecule has 5 aromatic rings. The SMILES string of the molecule is COc1ncc(F)cc1-c1nccnc1Oc1ccc([C]c2nc3ccccc3[nH]2)cc1. The van der Waals surface area contributed by atoms with E-state index in [2.05, 4.69) is 31.3 Å². The van der Waals surface area contributed by atoms with Gasteiger partial charge in [-0.3, -0.25) is 0 Å². The highest BCUT2D eigenvalue weighted by Gasteiger charge is 2.17. The molecule has 0 unspecified atom stereocenters. The van der Waals surface area contributed by atoms with Crippen molar-refractivity contribution in [2.75, 3.05) is 7.11 Å². The molecule has 3 heterocycles. The molecule has 0 aliphatic carbocycles. The monoisotopic (exact) mass is 425 g/mol. The van der Waals surface area contributed by atoms with Crippen molar-refractivity contribution in [3.05, 3.63) is 96.8 Å². The van der Waals surface area contributed by atoms with Crippen LogP contribution in [0.2, 0.25) is 0 Å². The van der Waals surface area contributed by atoms with E-state index in [-0.39, 0.29) is 11.8 Å². The molecule has 7 nitrogen and oxygen atoms in total. The molecule has 0 saturated heterocycles. The van der Waals surface area contributed by atoms with Gasteiger partial charge in [-0.2, -0.15) is 0 Å². The first-order chi connectivity index (χ1) is 15.7. The van der Waals surface area contributed by atoms with Crippen LogP contribution in [0.3, 0.4) is 0 Å². The summed E-state index contributed by atoms with van der Waals surface area (Å²) in [5.41, 5.74) is 3.33.